The monoisotopic (exact) mass is 316 g/mol. The van der Waals surface area contributed by atoms with Crippen molar-refractivity contribution in [3.05, 3.63) is 58.9 Å². The fraction of sp³-hybridized carbons (Fsp3) is 0. The zero-order valence-electron chi connectivity index (χ0n) is 9.88. The fourth-order valence-electron chi connectivity index (χ4n) is 1.46. The molecule has 7 heteroatoms. The Kier molecular flexibility index (Phi) is 4.46. The Bertz CT molecular complexity index is 609. The first-order valence-corrected chi connectivity index (χ1v) is 6.22. The van der Waals surface area contributed by atoms with E-state index in [0.717, 1.165) is 12.1 Å². The van der Waals surface area contributed by atoms with Crippen molar-refractivity contribution in [3.8, 4) is 0 Å². The maximum absolute atomic E-state index is 13.5. The Labute approximate surface area is 123 Å². The summed E-state index contributed by atoms with van der Waals surface area (Å²) in [5.74, 6) is -2.09. The quantitative estimate of drug-likeness (QED) is 0.794. The molecule has 0 heterocycles. The largest absolute Gasteiger partial charge is 0.330 e. The smallest absolute Gasteiger partial charge is 0.175 e. The van der Waals surface area contributed by atoms with Gasteiger partial charge in [-0.1, -0.05) is 11.6 Å². The highest BCUT2D eigenvalue weighted by molar-refractivity contribution is 7.80. The Balaban J connectivity index is 2.09. The van der Waals surface area contributed by atoms with Gasteiger partial charge in [-0.15, -0.1) is 0 Å². The van der Waals surface area contributed by atoms with Gasteiger partial charge in [0.25, 0.3) is 0 Å². The van der Waals surface area contributed by atoms with Crippen molar-refractivity contribution in [1.29, 1.82) is 0 Å². The van der Waals surface area contributed by atoms with Gasteiger partial charge >= 0.3 is 0 Å². The van der Waals surface area contributed by atoms with Gasteiger partial charge in [0, 0.05) is 11.1 Å². The molecule has 104 valence electrons. The van der Waals surface area contributed by atoms with E-state index in [1.54, 1.807) is 0 Å². The summed E-state index contributed by atoms with van der Waals surface area (Å²) >= 11 is 10.5. The van der Waals surface area contributed by atoms with E-state index < -0.39 is 17.5 Å². The third-order valence-electron chi connectivity index (χ3n) is 2.36. The molecule has 0 aliphatic carbocycles. The van der Waals surface area contributed by atoms with E-state index in [4.69, 9.17) is 23.8 Å². The van der Waals surface area contributed by atoms with Crippen LogP contribution in [0.5, 0.6) is 0 Å². The summed E-state index contributed by atoms with van der Waals surface area (Å²) in [5.41, 5.74) is 0.0766. The summed E-state index contributed by atoms with van der Waals surface area (Å²) in [4.78, 5) is 0. The summed E-state index contributed by atoms with van der Waals surface area (Å²) in [7, 11) is 0. The third-order valence-corrected chi connectivity index (χ3v) is 2.80. The Morgan fingerprint density at radius 2 is 1.45 bits per heavy atom. The van der Waals surface area contributed by atoms with Crippen molar-refractivity contribution in [1.82, 2.24) is 0 Å². The van der Waals surface area contributed by atoms with E-state index in [9.17, 15) is 13.2 Å². The zero-order valence-corrected chi connectivity index (χ0v) is 11.5. The number of nitrogens with one attached hydrogen (secondary N) is 2. The number of thiocarbonyl (C=S) groups is 1. The van der Waals surface area contributed by atoms with Crippen LogP contribution >= 0.6 is 23.8 Å². The van der Waals surface area contributed by atoms with Gasteiger partial charge in [-0.2, -0.15) is 0 Å². The normalized spacial score (nSPS) is 10.2. The van der Waals surface area contributed by atoms with E-state index in [-0.39, 0.29) is 21.5 Å². The SMILES string of the molecule is Fc1ccc(NC(=S)Nc2ccc(Cl)cc2F)c(F)c1. The van der Waals surface area contributed by atoms with Crippen molar-refractivity contribution < 1.29 is 13.2 Å². The maximum Gasteiger partial charge on any atom is 0.175 e. The second-order valence-electron chi connectivity index (χ2n) is 3.83. The van der Waals surface area contributed by atoms with Crippen LogP contribution in [-0.2, 0) is 0 Å². The molecule has 0 spiro atoms. The Morgan fingerprint density at radius 1 is 0.900 bits per heavy atom. The minimum atomic E-state index is -0.800. The summed E-state index contributed by atoms with van der Waals surface area (Å²) in [6.07, 6.45) is 0. The first kappa shape index (κ1) is 14.6. The van der Waals surface area contributed by atoms with Gasteiger partial charge in [-0.05, 0) is 42.5 Å². The van der Waals surface area contributed by atoms with Crippen molar-refractivity contribution in [2.45, 2.75) is 0 Å². The van der Waals surface area contributed by atoms with E-state index in [0.29, 0.717) is 6.07 Å². The summed E-state index contributed by atoms with van der Waals surface area (Å²) in [6, 6.07) is 6.98. The van der Waals surface area contributed by atoms with Gasteiger partial charge in [-0.3, -0.25) is 0 Å². The molecule has 2 rings (SSSR count). The lowest BCUT2D eigenvalue weighted by atomic mass is 10.3. The van der Waals surface area contributed by atoms with Crippen LogP contribution in [0, 0.1) is 17.5 Å². The lowest BCUT2D eigenvalue weighted by molar-refractivity contribution is 0.586. The maximum atomic E-state index is 13.5. The number of halogens is 4. The van der Waals surface area contributed by atoms with Crippen molar-refractivity contribution in [2.24, 2.45) is 0 Å². The molecule has 20 heavy (non-hydrogen) atoms. The van der Waals surface area contributed by atoms with Crippen molar-refractivity contribution in [2.75, 3.05) is 10.6 Å². The predicted octanol–water partition coefficient (Wildman–Crippen LogP) is 4.57. The van der Waals surface area contributed by atoms with Crippen LogP contribution in [0.15, 0.2) is 36.4 Å². The minimum absolute atomic E-state index is 0.0155. The number of hydrogen-bond acceptors (Lipinski definition) is 1. The van der Waals surface area contributed by atoms with Crippen LogP contribution < -0.4 is 10.6 Å². The molecule has 2 N–H and O–H groups in total. The van der Waals surface area contributed by atoms with Gasteiger partial charge in [0.05, 0.1) is 11.4 Å². The van der Waals surface area contributed by atoms with E-state index >= 15 is 0 Å². The molecule has 0 saturated heterocycles. The molecule has 2 aromatic rings. The summed E-state index contributed by atoms with van der Waals surface area (Å²) in [6.45, 7) is 0. The van der Waals surface area contributed by atoms with Gasteiger partial charge in [-0.25, -0.2) is 13.2 Å². The van der Waals surface area contributed by atoms with E-state index in [2.05, 4.69) is 10.6 Å². The van der Waals surface area contributed by atoms with E-state index in [1.807, 2.05) is 0 Å². The number of anilines is 2. The van der Waals surface area contributed by atoms with Crippen LogP contribution in [-0.4, -0.2) is 5.11 Å². The molecule has 0 bridgehead atoms. The van der Waals surface area contributed by atoms with Crippen LogP contribution in [0.25, 0.3) is 0 Å². The fourth-order valence-corrected chi connectivity index (χ4v) is 1.84. The van der Waals surface area contributed by atoms with Crippen LogP contribution in [0.1, 0.15) is 0 Å². The Morgan fingerprint density at radius 3 is 2.00 bits per heavy atom. The third kappa shape index (κ3) is 3.61. The Hall–Kier alpha value is -1.79. The molecular formula is C13H8ClF3N2S. The topological polar surface area (TPSA) is 24.1 Å². The van der Waals surface area contributed by atoms with Gasteiger partial charge in [0.15, 0.2) is 5.11 Å². The highest BCUT2D eigenvalue weighted by Gasteiger charge is 2.08. The summed E-state index contributed by atoms with van der Waals surface area (Å²) in [5, 5.41) is 5.28. The molecule has 2 nitrogen and oxygen atoms in total. The molecule has 0 radical (unpaired) electrons. The average Bonchev–Trinajstić information content (AvgIpc) is 2.36. The zero-order chi connectivity index (χ0) is 14.7. The average molecular weight is 317 g/mol. The van der Waals surface area contributed by atoms with Crippen LogP contribution in [0.4, 0.5) is 24.5 Å². The molecule has 0 aliphatic heterocycles. The number of hydrogen-bond donors (Lipinski definition) is 2. The first-order chi connectivity index (χ1) is 9.45. The van der Waals surface area contributed by atoms with E-state index in [1.165, 1.54) is 18.2 Å². The molecule has 0 amide bonds. The van der Waals surface area contributed by atoms with Gasteiger partial charge in [0.2, 0.25) is 0 Å². The standard InChI is InChI=1S/C13H8ClF3N2S/c14-7-1-3-11(9(16)5-7)18-13(20)19-12-4-2-8(15)6-10(12)17/h1-6H,(H2,18,19,20). The predicted molar refractivity (Wildman–Crippen MR) is 77.6 cm³/mol. The highest BCUT2D eigenvalue weighted by Crippen LogP contribution is 2.20. The molecule has 2 aromatic carbocycles. The summed E-state index contributed by atoms with van der Waals surface area (Å²) < 4.78 is 39.7. The van der Waals surface area contributed by atoms with Crippen LogP contribution in [0.3, 0.4) is 0 Å². The van der Waals surface area contributed by atoms with Gasteiger partial charge in [0.1, 0.15) is 17.5 Å². The van der Waals surface area contributed by atoms with Gasteiger partial charge < -0.3 is 10.6 Å². The molecule has 0 atom stereocenters. The minimum Gasteiger partial charge on any atom is -0.330 e. The lowest BCUT2D eigenvalue weighted by Gasteiger charge is -2.12. The molecular weight excluding hydrogens is 309 g/mol. The molecule has 0 saturated carbocycles. The van der Waals surface area contributed by atoms with Crippen molar-refractivity contribution >= 4 is 40.3 Å². The molecule has 0 aromatic heterocycles. The van der Waals surface area contributed by atoms with Crippen LogP contribution in [0.2, 0.25) is 5.02 Å². The molecule has 0 fully saturated rings. The lowest BCUT2D eigenvalue weighted by Crippen LogP contribution is -2.20. The number of rotatable bonds is 2. The highest BCUT2D eigenvalue weighted by atomic mass is 35.5. The second kappa shape index (κ2) is 6.11. The molecule has 0 unspecified atom stereocenters. The van der Waals surface area contributed by atoms with Crippen molar-refractivity contribution in [3.63, 3.8) is 0 Å². The molecule has 0 aliphatic rings. The first-order valence-electron chi connectivity index (χ1n) is 5.44. The second-order valence-corrected chi connectivity index (χ2v) is 4.67. The number of benzene rings is 2.